The molecule has 9 heteroatoms. The van der Waals surface area contributed by atoms with Gasteiger partial charge in [0, 0.05) is 5.03 Å². The van der Waals surface area contributed by atoms with Gasteiger partial charge in [0.1, 0.15) is 17.8 Å². The van der Waals surface area contributed by atoms with Crippen molar-refractivity contribution in [1.82, 2.24) is 10.2 Å². The van der Waals surface area contributed by atoms with Gasteiger partial charge in [-0.2, -0.15) is 0 Å². The predicted molar refractivity (Wildman–Crippen MR) is 101 cm³/mol. The molecule has 0 aromatic heterocycles. The molecule has 0 bridgehead atoms. The van der Waals surface area contributed by atoms with Crippen LogP contribution in [0.15, 0.2) is 41.1 Å². The van der Waals surface area contributed by atoms with Gasteiger partial charge in [-0.15, -0.1) is 6.10 Å². The lowest BCUT2D eigenvalue weighted by Gasteiger charge is -2.49. The zero-order valence-corrected chi connectivity index (χ0v) is 16.3. The topological polar surface area (TPSA) is 136 Å². The molecule has 3 rings (SSSR count). The first-order chi connectivity index (χ1) is 13.1. The molecule has 2 heterocycles. The summed E-state index contributed by atoms with van der Waals surface area (Å²) in [6.07, 6.45) is 0.432. The van der Waals surface area contributed by atoms with E-state index in [0.29, 0.717) is 18.4 Å². The minimum absolute atomic E-state index is 0.151. The van der Waals surface area contributed by atoms with Crippen LogP contribution in [-0.2, 0) is 14.4 Å². The second-order valence-corrected chi connectivity index (χ2v) is 7.25. The number of nitrogens with zero attached hydrogens (tertiary/aromatic N) is 1. The number of allylic oxidation sites excluding steroid dienone is 1. The van der Waals surface area contributed by atoms with Gasteiger partial charge >= 0.3 is 5.97 Å². The van der Waals surface area contributed by atoms with Crippen LogP contribution < -0.4 is 16.2 Å². The molecule has 2 amide bonds. The van der Waals surface area contributed by atoms with Crippen LogP contribution in [0, 0.1) is 0 Å². The lowest BCUT2D eigenvalue weighted by Crippen LogP contribution is -2.72. The Kier molecular flexibility index (Phi) is 7.17. The van der Waals surface area contributed by atoms with E-state index in [2.05, 4.69) is 5.32 Å². The molecule has 0 unspecified atom stereocenters. The van der Waals surface area contributed by atoms with Crippen molar-refractivity contribution in [3.63, 3.8) is 0 Å². The Bertz CT molecular complexity index is 778. The minimum Gasteiger partial charge on any atom is -0.852 e. The normalized spacial score (nSPS) is 21.9. The minimum atomic E-state index is -1.25. The van der Waals surface area contributed by atoms with E-state index in [9.17, 15) is 24.6 Å². The molecule has 0 spiro atoms. The Morgan fingerprint density at radius 1 is 1.32 bits per heavy atom. The third-order valence-electron chi connectivity index (χ3n) is 4.32. The second kappa shape index (κ2) is 9.18. The number of hydrogen-bond acceptors (Lipinski definition) is 5. The SMILES string of the molecule is CC(C)[O-].N[C@@H](C(=O)N[C@@H]1C(=O)N2C(C(=O)O)=C(Cl)CC[C@H]12)c1ccccc1. The summed E-state index contributed by atoms with van der Waals surface area (Å²) in [6, 6.07) is 6.74. The molecular weight excluding hydrogens is 386 g/mol. The number of carbonyl (C=O) groups is 3. The van der Waals surface area contributed by atoms with Gasteiger partial charge in [-0.1, -0.05) is 55.8 Å². The van der Waals surface area contributed by atoms with Crippen LogP contribution in [0.3, 0.4) is 0 Å². The van der Waals surface area contributed by atoms with Gasteiger partial charge in [-0.3, -0.25) is 14.5 Å². The quantitative estimate of drug-likeness (QED) is 0.619. The number of carboxylic acids is 1. The molecule has 1 aromatic carbocycles. The van der Waals surface area contributed by atoms with E-state index < -0.39 is 42.0 Å². The Morgan fingerprint density at radius 2 is 1.89 bits per heavy atom. The van der Waals surface area contributed by atoms with E-state index >= 15 is 0 Å². The number of nitrogens with one attached hydrogen (secondary N) is 1. The highest BCUT2D eigenvalue weighted by atomic mass is 35.5. The van der Waals surface area contributed by atoms with Gasteiger partial charge < -0.3 is 21.3 Å². The fraction of sp³-hybridized carbons (Fsp3) is 0.421. The number of amides is 2. The maximum atomic E-state index is 12.3. The smallest absolute Gasteiger partial charge is 0.353 e. The maximum Gasteiger partial charge on any atom is 0.353 e. The highest BCUT2D eigenvalue weighted by Gasteiger charge is 2.53. The molecule has 3 atom stereocenters. The van der Waals surface area contributed by atoms with E-state index in [1.54, 1.807) is 38.1 Å². The van der Waals surface area contributed by atoms with Gasteiger partial charge in [-0.05, 0) is 18.4 Å². The van der Waals surface area contributed by atoms with Gasteiger partial charge in [0.25, 0.3) is 5.91 Å². The van der Waals surface area contributed by atoms with E-state index in [-0.39, 0.29) is 10.7 Å². The summed E-state index contributed by atoms with van der Waals surface area (Å²) in [5.74, 6) is -2.20. The first-order valence-electron chi connectivity index (χ1n) is 8.86. The molecule has 152 valence electrons. The lowest BCUT2D eigenvalue weighted by molar-refractivity contribution is -0.407. The molecule has 0 saturated carbocycles. The number of benzene rings is 1. The molecule has 2 aliphatic heterocycles. The van der Waals surface area contributed by atoms with Gasteiger partial charge in [0.15, 0.2) is 0 Å². The van der Waals surface area contributed by atoms with Crippen molar-refractivity contribution in [3.8, 4) is 0 Å². The van der Waals surface area contributed by atoms with E-state index in [1.165, 1.54) is 0 Å². The first-order valence-corrected chi connectivity index (χ1v) is 9.24. The molecule has 0 radical (unpaired) electrons. The Balaban J connectivity index is 0.000000640. The number of carbonyl (C=O) groups excluding carboxylic acids is 2. The number of hydrogen-bond donors (Lipinski definition) is 3. The van der Waals surface area contributed by atoms with Crippen LogP contribution in [0.2, 0.25) is 0 Å². The number of β-lactam (4-membered cyclic amide) rings is 1. The van der Waals surface area contributed by atoms with Gasteiger partial charge in [0.2, 0.25) is 5.91 Å². The van der Waals surface area contributed by atoms with Crippen molar-refractivity contribution in [2.45, 2.75) is 50.9 Å². The molecule has 2 aliphatic rings. The Morgan fingerprint density at radius 3 is 2.43 bits per heavy atom. The van der Waals surface area contributed by atoms with Crippen LogP contribution in [0.4, 0.5) is 0 Å². The summed E-state index contributed by atoms with van der Waals surface area (Å²) in [4.78, 5) is 37.0. The standard InChI is InChI=1S/C16H16ClN3O4.C3H7O/c17-9-6-7-10-12(15(22)20(10)13(9)16(23)24)19-14(21)11(18)8-4-2-1-3-5-8;1-3(2)4/h1-5,10-12H,6-7,18H2,(H,19,21)(H,23,24);3H,1-2H3/q;-1/t10-,11-,12+;/m1./s1. The fourth-order valence-corrected chi connectivity index (χ4v) is 3.35. The van der Waals surface area contributed by atoms with Crippen molar-refractivity contribution in [3.05, 3.63) is 46.6 Å². The zero-order chi connectivity index (χ0) is 21.0. The van der Waals surface area contributed by atoms with Crippen LogP contribution in [0.1, 0.15) is 38.3 Å². The summed E-state index contributed by atoms with van der Waals surface area (Å²) in [7, 11) is 0. The van der Waals surface area contributed by atoms with Crippen molar-refractivity contribution in [1.29, 1.82) is 0 Å². The zero-order valence-electron chi connectivity index (χ0n) is 15.6. The highest BCUT2D eigenvalue weighted by Crippen LogP contribution is 2.38. The monoisotopic (exact) mass is 408 g/mol. The highest BCUT2D eigenvalue weighted by molar-refractivity contribution is 6.32. The Labute approximate surface area is 168 Å². The van der Waals surface area contributed by atoms with Gasteiger partial charge in [0.05, 0.1) is 6.04 Å². The van der Waals surface area contributed by atoms with Gasteiger partial charge in [-0.25, -0.2) is 4.79 Å². The third kappa shape index (κ3) is 4.70. The summed E-state index contributed by atoms with van der Waals surface area (Å²) < 4.78 is 0. The summed E-state index contributed by atoms with van der Waals surface area (Å²) in [5, 5.41) is 21.5. The number of aliphatic carboxylic acids is 1. The lowest BCUT2D eigenvalue weighted by atomic mass is 9.86. The average Bonchev–Trinajstić information content (AvgIpc) is 2.65. The molecule has 1 saturated heterocycles. The third-order valence-corrected chi connectivity index (χ3v) is 4.69. The van der Waals surface area contributed by atoms with Crippen molar-refractivity contribution < 1.29 is 24.6 Å². The molecule has 4 N–H and O–H groups in total. The predicted octanol–water partition coefficient (Wildman–Crippen LogP) is 0.466. The number of carboxylic acid groups (broad SMARTS) is 1. The van der Waals surface area contributed by atoms with E-state index in [1.807, 2.05) is 6.07 Å². The van der Waals surface area contributed by atoms with Crippen LogP contribution >= 0.6 is 11.6 Å². The molecule has 1 aromatic rings. The van der Waals surface area contributed by atoms with Crippen LogP contribution in [-0.4, -0.2) is 46.0 Å². The summed E-state index contributed by atoms with van der Waals surface area (Å²) in [6.45, 7) is 3.22. The van der Waals surface area contributed by atoms with E-state index in [0.717, 1.165) is 4.90 Å². The second-order valence-electron chi connectivity index (χ2n) is 6.80. The molecular formula is C19H23ClN3O5-. The largest absolute Gasteiger partial charge is 0.852 e. The van der Waals surface area contributed by atoms with E-state index in [4.69, 9.17) is 17.3 Å². The average molecular weight is 409 g/mol. The molecule has 1 fully saturated rings. The van der Waals surface area contributed by atoms with Crippen molar-refractivity contribution >= 4 is 29.4 Å². The Hall–Kier alpha value is -2.42. The summed E-state index contributed by atoms with van der Waals surface area (Å²) >= 11 is 5.92. The van der Waals surface area contributed by atoms with Crippen LogP contribution in [0.25, 0.3) is 0 Å². The number of halogens is 1. The maximum absolute atomic E-state index is 12.3. The van der Waals surface area contributed by atoms with Crippen LogP contribution in [0.5, 0.6) is 0 Å². The number of rotatable bonds is 4. The van der Waals surface area contributed by atoms with Crippen molar-refractivity contribution in [2.24, 2.45) is 5.73 Å². The number of nitrogens with two attached hydrogens (primary N) is 1. The fourth-order valence-electron chi connectivity index (χ4n) is 3.07. The first kappa shape index (κ1) is 21.9. The number of fused-ring (bicyclic) bond motifs is 1. The molecule has 28 heavy (non-hydrogen) atoms. The summed E-state index contributed by atoms with van der Waals surface area (Å²) in [5.41, 5.74) is 6.35. The molecule has 8 nitrogen and oxygen atoms in total. The molecule has 0 aliphatic carbocycles. The van der Waals surface area contributed by atoms with Crippen molar-refractivity contribution in [2.75, 3.05) is 0 Å².